The summed E-state index contributed by atoms with van der Waals surface area (Å²) in [7, 11) is 0. The molecule has 4 aromatic rings. The van der Waals surface area contributed by atoms with Crippen molar-refractivity contribution in [2.24, 2.45) is 0 Å². The molecule has 3 N–H and O–H groups in total. The number of aromatic nitrogens is 4. The summed E-state index contributed by atoms with van der Waals surface area (Å²) in [6.45, 7) is 4.23. The van der Waals surface area contributed by atoms with Crippen LogP contribution in [0.15, 0.2) is 54.9 Å². The number of anilines is 1. The number of aryl methyl sites for hydroxylation is 2. The van der Waals surface area contributed by atoms with Crippen LogP contribution < -0.4 is 11.1 Å². The van der Waals surface area contributed by atoms with Gasteiger partial charge in [-0.3, -0.25) is 9.78 Å². The topological polar surface area (TPSA) is 107 Å². The molecule has 0 fully saturated rings. The highest BCUT2D eigenvalue weighted by atomic mass is 16.1. The summed E-state index contributed by atoms with van der Waals surface area (Å²) < 4.78 is 0. The summed E-state index contributed by atoms with van der Waals surface area (Å²) in [6, 6.07) is 13.6. The van der Waals surface area contributed by atoms with Gasteiger partial charge in [-0.05, 0) is 72.9 Å². The maximum Gasteiger partial charge on any atom is 0.272 e. The predicted molar refractivity (Wildman–Crippen MR) is 116 cm³/mol. The summed E-state index contributed by atoms with van der Waals surface area (Å²) >= 11 is 0. The number of pyridine rings is 2. The van der Waals surface area contributed by atoms with Crippen molar-refractivity contribution in [3.8, 4) is 0 Å². The summed E-state index contributed by atoms with van der Waals surface area (Å²) in [5.74, 6) is 0.180. The third-order valence-electron chi connectivity index (χ3n) is 4.89. The van der Waals surface area contributed by atoms with Gasteiger partial charge in [0, 0.05) is 23.8 Å². The lowest BCUT2D eigenvalue weighted by Crippen LogP contribution is -2.25. The second-order valence-electron chi connectivity index (χ2n) is 7.33. The fourth-order valence-electron chi connectivity index (χ4n) is 3.31. The first-order valence-electron chi connectivity index (χ1n) is 9.65. The van der Waals surface area contributed by atoms with E-state index in [1.165, 1.54) is 0 Å². The zero-order valence-corrected chi connectivity index (χ0v) is 16.9. The first-order valence-corrected chi connectivity index (χ1v) is 9.65. The average Bonchev–Trinajstić information content (AvgIpc) is 2.73. The van der Waals surface area contributed by atoms with Crippen LogP contribution in [0.5, 0.6) is 0 Å². The molecule has 0 aliphatic carbocycles. The summed E-state index contributed by atoms with van der Waals surface area (Å²) in [4.78, 5) is 21.2. The minimum Gasteiger partial charge on any atom is -0.384 e. The molecule has 0 saturated heterocycles. The molecule has 7 heteroatoms. The van der Waals surface area contributed by atoms with E-state index in [1.807, 2.05) is 38.2 Å². The van der Waals surface area contributed by atoms with Crippen LogP contribution in [0.4, 0.5) is 5.82 Å². The van der Waals surface area contributed by atoms with Crippen LogP contribution in [-0.2, 0) is 13.0 Å². The van der Waals surface area contributed by atoms with Crippen molar-refractivity contribution in [3.05, 3.63) is 88.5 Å². The highest BCUT2D eigenvalue weighted by molar-refractivity contribution is 5.92. The molecule has 1 aromatic carbocycles. The number of nitrogens with two attached hydrogens (primary N) is 1. The SMILES string of the molecule is Cc1cnc2ccc(Cc3cnnc(C(=O)NCc4ccc(N)nc4C)c3)cc2c1. The third-order valence-corrected chi connectivity index (χ3v) is 4.89. The highest BCUT2D eigenvalue weighted by Crippen LogP contribution is 2.18. The molecular weight excluding hydrogens is 376 g/mol. The molecule has 0 spiro atoms. The molecule has 3 aromatic heterocycles. The first kappa shape index (κ1) is 19.4. The molecule has 7 nitrogen and oxygen atoms in total. The van der Waals surface area contributed by atoms with Crippen molar-refractivity contribution in [2.45, 2.75) is 26.8 Å². The summed E-state index contributed by atoms with van der Waals surface area (Å²) in [6.07, 6.45) is 4.20. The van der Waals surface area contributed by atoms with Gasteiger partial charge in [-0.15, -0.1) is 5.10 Å². The number of fused-ring (bicyclic) bond motifs is 1. The molecule has 4 rings (SSSR count). The van der Waals surface area contributed by atoms with Crippen molar-refractivity contribution in [1.29, 1.82) is 0 Å². The predicted octanol–water partition coefficient (Wildman–Crippen LogP) is 3.14. The Morgan fingerprint density at radius 1 is 1.03 bits per heavy atom. The number of amides is 1. The van der Waals surface area contributed by atoms with Crippen molar-refractivity contribution in [3.63, 3.8) is 0 Å². The van der Waals surface area contributed by atoms with Crippen molar-refractivity contribution in [2.75, 3.05) is 5.73 Å². The van der Waals surface area contributed by atoms with Gasteiger partial charge in [0.2, 0.25) is 0 Å². The Balaban J connectivity index is 1.47. The number of carbonyl (C=O) groups excluding carboxylic acids is 1. The standard InChI is InChI=1S/C23H22N6O/c1-14-7-19-9-16(3-5-20(19)25-11-14)8-17-10-21(29-27-12-17)23(30)26-13-18-4-6-22(24)28-15(18)2/h3-7,9-12H,8,13H2,1-2H3,(H2,24,28)(H,26,30). The van der Waals surface area contributed by atoms with Gasteiger partial charge < -0.3 is 11.1 Å². The monoisotopic (exact) mass is 398 g/mol. The number of carbonyl (C=O) groups is 1. The molecule has 0 saturated carbocycles. The number of nitrogens with zero attached hydrogens (tertiary/aromatic N) is 4. The number of hydrogen-bond acceptors (Lipinski definition) is 6. The first-order chi connectivity index (χ1) is 14.5. The average molecular weight is 398 g/mol. The maximum atomic E-state index is 12.5. The van der Waals surface area contributed by atoms with E-state index in [1.54, 1.807) is 18.3 Å². The van der Waals surface area contributed by atoms with Crippen LogP contribution in [0.1, 0.15) is 38.4 Å². The van der Waals surface area contributed by atoms with Gasteiger partial charge in [-0.1, -0.05) is 12.1 Å². The van der Waals surface area contributed by atoms with Crippen LogP contribution in [0.25, 0.3) is 10.9 Å². The fourth-order valence-corrected chi connectivity index (χ4v) is 3.31. The lowest BCUT2D eigenvalue weighted by Gasteiger charge is -2.08. The van der Waals surface area contributed by atoms with E-state index in [0.717, 1.165) is 38.9 Å². The Hall–Kier alpha value is -3.87. The minimum atomic E-state index is -0.279. The molecule has 0 radical (unpaired) electrons. The maximum absolute atomic E-state index is 12.5. The second kappa shape index (κ2) is 8.24. The second-order valence-corrected chi connectivity index (χ2v) is 7.33. The normalized spacial score (nSPS) is 10.9. The van der Waals surface area contributed by atoms with E-state index in [0.29, 0.717) is 18.8 Å². The van der Waals surface area contributed by atoms with Crippen molar-refractivity contribution >= 4 is 22.6 Å². The Labute approximate surface area is 174 Å². The highest BCUT2D eigenvalue weighted by Gasteiger charge is 2.11. The minimum absolute atomic E-state index is 0.279. The number of rotatable bonds is 5. The summed E-state index contributed by atoms with van der Waals surface area (Å²) in [5, 5.41) is 12.0. The number of nitrogens with one attached hydrogen (secondary N) is 1. The lowest BCUT2D eigenvalue weighted by atomic mass is 10.0. The molecule has 3 heterocycles. The number of nitrogen functional groups attached to an aromatic ring is 1. The van der Waals surface area contributed by atoms with E-state index in [-0.39, 0.29) is 11.6 Å². The molecule has 0 unspecified atom stereocenters. The van der Waals surface area contributed by atoms with Crippen LogP contribution >= 0.6 is 0 Å². The number of benzene rings is 1. The molecule has 0 aliphatic heterocycles. The fraction of sp³-hybridized carbons (Fsp3) is 0.174. The molecule has 0 atom stereocenters. The Morgan fingerprint density at radius 3 is 2.73 bits per heavy atom. The van der Waals surface area contributed by atoms with Gasteiger partial charge >= 0.3 is 0 Å². The van der Waals surface area contributed by atoms with Crippen LogP contribution in [0.2, 0.25) is 0 Å². The van der Waals surface area contributed by atoms with Gasteiger partial charge in [0.15, 0.2) is 5.69 Å². The summed E-state index contributed by atoms with van der Waals surface area (Å²) in [5.41, 5.74) is 11.8. The quantitative estimate of drug-likeness (QED) is 0.535. The van der Waals surface area contributed by atoms with Crippen molar-refractivity contribution in [1.82, 2.24) is 25.5 Å². The zero-order chi connectivity index (χ0) is 21.1. The van der Waals surface area contributed by atoms with Gasteiger partial charge in [0.25, 0.3) is 5.91 Å². The van der Waals surface area contributed by atoms with E-state index < -0.39 is 0 Å². The third kappa shape index (κ3) is 4.41. The Bertz CT molecular complexity index is 1240. The van der Waals surface area contributed by atoms with Crippen LogP contribution in [0, 0.1) is 13.8 Å². The van der Waals surface area contributed by atoms with E-state index in [4.69, 9.17) is 5.73 Å². The largest absolute Gasteiger partial charge is 0.384 e. The Morgan fingerprint density at radius 2 is 1.90 bits per heavy atom. The molecule has 0 aliphatic rings. The molecule has 1 amide bonds. The Kier molecular flexibility index (Phi) is 5.34. The van der Waals surface area contributed by atoms with Crippen LogP contribution in [0.3, 0.4) is 0 Å². The van der Waals surface area contributed by atoms with E-state index >= 15 is 0 Å². The van der Waals surface area contributed by atoms with Gasteiger partial charge in [-0.25, -0.2) is 4.98 Å². The lowest BCUT2D eigenvalue weighted by molar-refractivity contribution is 0.0944. The van der Waals surface area contributed by atoms with Gasteiger partial charge in [-0.2, -0.15) is 5.10 Å². The van der Waals surface area contributed by atoms with Gasteiger partial charge in [0.05, 0.1) is 11.7 Å². The smallest absolute Gasteiger partial charge is 0.272 e. The molecular formula is C23H22N6O. The zero-order valence-electron chi connectivity index (χ0n) is 16.9. The van der Waals surface area contributed by atoms with Crippen LogP contribution in [-0.4, -0.2) is 26.1 Å². The van der Waals surface area contributed by atoms with Crippen molar-refractivity contribution < 1.29 is 4.79 Å². The van der Waals surface area contributed by atoms with E-state index in [2.05, 4.69) is 37.6 Å². The van der Waals surface area contributed by atoms with E-state index in [9.17, 15) is 4.79 Å². The number of hydrogen-bond donors (Lipinski definition) is 2. The molecule has 0 bridgehead atoms. The molecule has 30 heavy (non-hydrogen) atoms. The van der Waals surface area contributed by atoms with Gasteiger partial charge in [0.1, 0.15) is 5.82 Å². The molecule has 150 valence electrons.